The summed E-state index contributed by atoms with van der Waals surface area (Å²) in [5.74, 6) is 5.35. The molecule has 0 aromatic carbocycles. The smallest absolute Gasteiger partial charge is 0.104 e. The molecule has 0 aliphatic heterocycles. The lowest BCUT2D eigenvalue weighted by Crippen LogP contribution is -2.37. The van der Waals surface area contributed by atoms with Crippen molar-refractivity contribution < 1.29 is 14.2 Å². The molecule has 0 heterocycles. The normalized spacial score (nSPS) is 50.9. The molecule has 9 atom stereocenters. The van der Waals surface area contributed by atoms with E-state index in [1.54, 1.807) is 0 Å². The Labute approximate surface area is 164 Å². The monoisotopic (exact) mass is 374 g/mol. The first-order valence-corrected chi connectivity index (χ1v) is 12.2. The Morgan fingerprint density at radius 3 is 1.33 bits per heavy atom. The highest BCUT2D eigenvalue weighted by Crippen LogP contribution is 2.48. The Morgan fingerprint density at radius 2 is 0.963 bits per heavy atom. The van der Waals surface area contributed by atoms with Crippen LogP contribution in [-0.2, 0) is 14.2 Å². The van der Waals surface area contributed by atoms with E-state index < -0.39 is 0 Å². The molecule has 6 bridgehead atoms. The maximum atomic E-state index is 6.68. The summed E-state index contributed by atoms with van der Waals surface area (Å²) < 4.78 is 19.6. The molecule has 6 saturated carbocycles. The molecule has 27 heavy (non-hydrogen) atoms. The van der Waals surface area contributed by atoms with Gasteiger partial charge in [-0.15, -0.1) is 0 Å². The van der Waals surface area contributed by atoms with E-state index in [-0.39, 0.29) is 6.10 Å². The Balaban J connectivity index is 1.04. The summed E-state index contributed by atoms with van der Waals surface area (Å²) in [5.41, 5.74) is 0. The van der Waals surface area contributed by atoms with Crippen molar-refractivity contribution >= 4 is 0 Å². The Bertz CT molecular complexity index is 504. The topological polar surface area (TPSA) is 27.7 Å². The van der Waals surface area contributed by atoms with Crippen molar-refractivity contribution in [1.29, 1.82) is 0 Å². The van der Waals surface area contributed by atoms with Crippen molar-refractivity contribution in [2.75, 3.05) is 13.2 Å². The van der Waals surface area contributed by atoms with Gasteiger partial charge in [0.15, 0.2) is 0 Å². The number of fused-ring (bicyclic) bond motifs is 6. The van der Waals surface area contributed by atoms with E-state index in [4.69, 9.17) is 14.2 Å². The lowest BCUT2D eigenvalue weighted by Gasteiger charge is -2.31. The van der Waals surface area contributed by atoms with Gasteiger partial charge in [0.1, 0.15) is 6.10 Å². The lowest BCUT2D eigenvalue weighted by atomic mass is 9.97. The van der Waals surface area contributed by atoms with Gasteiger partial charge in [0.25, 0.3) is 0 Å². The molecule has 0 saturated heterocycles. The first-order valence-electron chi connectivity index (χ1n) is 12.2. The minimum atomic E-state index is 0.160. The maximum absolute atomic E-state index is 6.68. The third-order valence-electron chi connectivity index (χ3n) is 9.38. The fourth-order valence-electron chi connectivity index (χ4n) is 7.97. The molecule has 6 fully saturated rings. The van der Waals surface area contributed by atoms with E-state index in [1.807, 2.05) is 0 Å². The van der Waals surface area contributed by atoms with E-state index in [1.165, 1.54) is 77.0 Å². The fraction of sp³-hybridized carbons (Fsp3) is 1.00. The number of hydrogen-bond acceptors (Lipinski definition) is 3. The molecule has 152 valence electrons. The van der Waals surface area contributed by atoms with Crippen molar-refractivity contribution in [3.8, 4) is 0 Å². The third-order valence-corrected chi connectivity index (χ3v) is 9.38. The largest absolute Gasteiger partial charge is 0.375 e. The van der Waals surface area contributed by atoms with Gasteiger partial charge in [0.2, 0.25) is 0 Å². The molecule has 0 radical (unpaired) electrons. The van der Waals surface area contributed by atoms with Crippen LogP contribution in [0.5, 0.6) is 0 Å². The van der Waals surface area contributed by atoms with Gasteiger partial charge in [0.05, 0.1) is 31.5 Å². The summed E-state index contributed by atoms with van der Waals surface area (Å²) in [6, 6.07) is 0. The van der Waals surface area contributed by atoms with Crippen LogP contribution in [-0.4, -0.2) is 37.6 Å². The van der Waals surface area contributed by atoms with Crippen molar-refractivity contribution in [2.45, 2.75) is 101 Å². The van der Waals surface area contributed by atoms with Crippen LogP contribution in [0.25, 0.3) is 0 Å². The van der Waals surface area contributed by atoms with Gasteiger partial charge in [-0.1, -0.05) is 0 Å². The van der Waals surface area contributed by atoms with Crippen LogP contribution in [0, 0.1) is 35.5 Å². The van der Waals surface area contributed by atoms with Crippen LogP contribution >= 0.6 is 0 Å². The second-order valence-corrected chi connectivity index (χ2v) is 11.1. The predicted octanol–water partition coefficient (Wildman–Crippen LogP) is 4.97. The quantitative estimate of drug-likeness (QED) is 0.600. The zero-order chi connectivity index (χ0) is 17.8. The average molecular weight is 375 g/mol. The zero-order valence-electron chi connectivity index (χ0n) is 16.9. The van der Waals surface area contributed by atoms with Gasteiger partial charge in [-0.25, -0.2) is 0 Å². The molecule has 0 aromatic heterocycles. The summed E-state index contributed by atoms with van der Waals surface area (Å²) in [6.07, 6.45) is 18.4. The molecule has 0 aromatic rings. The highest BCUT2D eigenvalue weighted by molar-refractivity contribution is 4.94. The fourth-order valence-corrected chi connectivity index (χ4v) is 7.97. The summed E-state index contributed by atoms with van der Waals surface area (Å²) >= 11 is 0. The second-order valence-electron chi connectivity index (χ2n) is 11.1. The minimum Gasteiger partial charge on any atom is -0.375 e. The van der Waals surface area contributed by atoms with Gasteiger partial charge in [0, 0.05) is 0 Å². The molecule has 0 amide bonds. The average Bonchev–Trinajstić information content (AvgIpc) is 3.50. The Kier molecular flexibility index (Phi) is 4.78. The number of rotatable bonds is 8. The van der Waals surface area contributed by atoms with E-state index in [9.17, 15) is 0 Å². The van der Waals surface area contributed by atoms with E-state index in [0.717, 1.165) is 48.7 Å². The first kappa shape index (κ1) is 17.7. The summed E-state index contributed by atoms with van der Waals surface area (Å²) in [6.45, 7) is 1.53. The highest BCUT2D eigenvalue weighted by atomic mass is 16.6. The standard InChI is InChI=1S/C24H38O3/c1-4-18-7-15(1)10-22(18)25-13-21(27-24-12-17-3-6-20(24)9-17)14-26-23-11-16-2-5-19(23)8-16/h15-24H,1-14H2. The zero-order valence-corrected chi connectivity index (χ0v) is 16.9. The third kappa shape index (κ3) is 3.51. The molecule has 0 N–H and O–H groups in total. The molecule has 3 nitrogen and oxygen atoms in total. The molecule has 6 aliphatic rings. The molecule has 3 heteroatoms. The molecule has 0 spiro atoms. The highest BCUT2D eigenvalue weighted by Gasteiger charge is 2.44. The van der Waals surface area contributed by atoms with Crippen LogP contribution in [0.2, 0.25) is 0 Å². The van der Waals surface area contributed by atoms with Crippen LogP contribution in [0.4, 0.5) is 0 Å². The lowest BCUT2D eigenvalue weighted by molar-refractivity contribution is -0.134. The predicted molar refractivity (Wildman–Crippen MR) is 104 cm³/mol. The SMILES string of the molecule is C1CC2CC1CC2OCC(COC1CC2CCC1C2)OC1CC2CCC1C2. The van der Waals surface area contributed by atoms with Gasteiger partial charge in [-0.2, -0.15) is 0 Å². The number of ether oxygens (including phenoxy) is 3. The molecule has 9 unspecified atom stereocenters. The summed E-state index contributed by atoms with van der Waals surface area (Å²) in [7, 11) is 0. The molecular formula is C24H38O3. The summed E-state index contributed by atoms with van der Waals surface area (Å²) in [5, 5.41) is 0. The second kappa shape index (κ2) is 7.29. The van der Waals surface area contributed by atoms with E-state index in [0.29, 0.717) is 18.3 Å². The Hall–Kier alpha value is -0.120. The van der Waals surface area contributed by atoms with Crippen LogP contribution in [0.3, 0.4) is 0 Å². The van der Waals surface area contributed by atoms with Gasteiger partial charge < -0.3 is 14.2 Å². The van der Waals surface area contributed by atoms with Crippen molar-refractivity contribution in [2.24, 2.45) is 35.5 Å². The van der Waals surface area contributed by atoms with Crippen molar-refractivity contribution in [1.82, 2.24) is 0 Å². The van der Waals surface area contributed by atoms with Gasteiger partial charge in [-0.05, 0) is 113 Å². The number of hydrogen-bond donors (Lipinski definition) is 0. The van der Waals surface area contributed by atoms with Crippen LogP contribution < -0.4 is 0 Å². The van der Waals surface area contributed by atoms with Crippen LogP contribution in [0.15, 0.2) is 0 Å². The maximum Gasteiger partial charge on any atom is 0.104 e. The van der Waals surface area contributed by atoms with E-state index in [2.05, 4.69) is 0 Å². The van der Waals surface area contributed by atoms with Gasteiger partial charge >= 0.3 is 0 Å². The van der Waals surface area contributed by atoms with Gasteiger partial charge in [-0.3, -0.25) is 0 Å². The molecule has 6 rings (SSSR count). The first-order chi connectivity index (χ1) is 13.3. The minimum absolute atomic E-state index is 0.160. The molecular weight excluding hydrogens is 336 g/mol. The van der Waals surface area contributed by atoms with Crippen molar-refractivity contribution in [3.63, 3.8) is 0 Å². The van der Waals surface area contributed by atoms with Crippen molar-refractivity contribution in [3.05, 3.63) is 0 Å². The molecule has 6 aliphatic carbocycles. The van der Waals surface area contributed by atoms with E-state index >= 15 is 0 Å². The van der Waals surface area contributed by atoms with Crippen LogP contribution in [0.1, 0.15) is 77.0 Å². The Morgan fingerprint density at radius 1 is 0.519 bits per heavy atom. The summed E-state index contributed by atoms with van der Waals surface area (Å²) in [4.78, 5) is 0.